The van der Waals surface area contributed by atoms with Crippen molar-refractivity contribution in [1.82, 2.24) is 15.1 Å². The van der Waals surface area contributed by atoms with Gasteiger partial charge in [0.25, 0.3) is 5.89 Å². The van der Waals surface area contributed by atoms with Crippen LogP contribution in [0.2, 0.25) is 0 Å². The molecule has 1 fully saturated rings. The zero-order valence-electron chi connectivity index (χ0n) is 9.83. The lowest BCUT2D eigenvalue weighted by molar-refractivity contribution is 0.103. The molecule has 3 heterocycles. The highest BCUT2D eigenvalue weighted by Crippen LogP contribution is 2.28. The van der Waals surface area contributed by atoms with Gasteiger partial charge in [0.1, 0.15) is 11.8 Å². The predicted molar refractivity (Wildman–Crippen MR) is 66.1 cm³/mol. The quantitative estimate of drug-likeness (QED) is 0.903. The molecule has 0 bridgehead atoms. The van der Waals surface area contributed by atoms with Crippen molar-refractivity contribution in [3.8, 4) is 11.6 Å². The van der Waals surface area contributed by atoms with Crippen molar-refractivity contribution in [2.75, 3.05) is 13.2 Å². The van der Waals surface area contributed by atoms with E-state index in [1.54, 1.807) is 11.3 Å². The van der Waals surface area contributed by atoms with E-state index in [1.165, 1.54) is 0 Å². The molecule has 7 heteroatoms. The number of aromatic nitrogens is 3. The van der Waals surface area contributed by atoms with Crippen LogP contribution in [0.15, 0.2) is 9.90 Å². The van der Waals surface area contributed by atoms with E-state index in [-0.39, 0.29) is 6.10 Å². The summed E-state index contributed by atoms with van der Waals surface area (Å²) in [6, 6.07) is 0. The Morgan fingerprint density at radius 1 is 1.44 bits per heavy atom. The van der Waals surface area contributed by atoms with Gasteiger partial charge in [0.15, 0.2) is 0 Å². The minimum atomic E-state index is -0.0235. The smallest absolute Gasteiger partial charge is 0.277 e. The minimum Gasteiger partial charge on any atom is -0.370 e. The van der Waals surface area contributed by atoms with E-state index in [0.717, 1.165) is 36.6 Å². The molecule has 0 saturated carbocycles. The maximum atomic E-state index is 5.51. The van der Waals surface area contributed by atoms with Gasteiger partial charge in [0, 0.05) is 18.4 Å². The van der Waals surface area contributed by atoms with Crippen LogP contribution in [0, 0.1) is 0 Å². The van der Waals surface area contributed by atoms with E-state index in [1.807, 2.05) is 5.38 Å². The third-order valence-electron chi connectivity index (χ3n) is 2.79. The summed E-state index contributed by atoms with van der Waals surface area (Å²) in [6.07, 6.45) is 2.75. The Balaban J connectivity index is 1.78. The highest BCUT2D eigenvalue weighted by Gasteiger charge is 2.24. The molecular formula is C11H14N4O2S. The number of ether oxygens (including phenoxy) is 1. The molecule has 1 unspecified atom stereocenters. The van der Waals surface area contributed by atoms with Gasteiger partial charge in [-0.25, -0.2) is 4.98 Å². The lowest BCUT2D eigenvalue weighted by atomic mass is 10.2. The van der Waals surface area contributed by atoms with Gasteiger partial charge in [0.2, 0.25) is 5.82 Å². The SMILES string of the molecule is NCCc1nc(-c2nc(C3CCCO3)no2)cs1. The number of hydrogen-bond donors (Lipinski definition) is 1. The van der Waals surface area contributed by atoms with E-state index in [9.17, 15) is 0 Å². The van der Waals surface area contributed by atoms with Crippen LogP contribution in [-0.2, 0) is 11.2 Å². The Bertz CT molecular complexity index is 519. The first-order valence-corrected chi connectivity index (χ1v) is 6.85. The van der Waals surface area contributed by atoms with Gasteiger partial charge in [-0.3, -0.25) is 0 Å². The van der Waals surface area contributed by atoms with Crippen molar-refractivity contribution < 1.29 is 9.26 Å². The number of nitrogens with zero attached hydrogens (tertiary/aromatic N) is 3. The molecule has 96 valence electrons. The predicted octanol–water partition coefficient (Wildman–Crippen LogP) is 1.55. The lowest BCUT2D eigenvalue weighted by Crippen LogP contribution is -2.02. The van der Waals surface area contributed by atoms with Gasteiger partial charge in [0.05, 0.1) is 5.01 Å². The van der Waals surface area contributed by atoms with Gasteiger partial charge >= 0.3 is 0 Å². The molecule has 2 N–H and O–H groups in total. The van der Waals surface area contributed by atoms with Crippen molar-refractivity contribution in [2.45, 2.75) is 25.4 Å². The highest BCUT2D eigenvalue weighted by atomic mass is 32.1. The molecule has 3 rings (SSSR count). The van der Waals surface area contributed by atoms with Crippen LogP contribution < -0.4 is 5.73 Å². The molecule has 1 aliphatic heterocycles. The maximum absolute atomic E-state index is 5.51. The van der Waals surface area contributed by atoms with Crippen LogP contribution in [0.5, 0.6) is 0 Å². The Labute approximate surface area is 108 Å². The topological polar surface area (TPSA) is 87.1 Å². The first-order chi connectivity index (χ1) is 8.86. The summed E-state index contributed by atoms with van der Waals surface area (Å²) in [7, 11) is 0. The van der Waals surface area contributed by atoms with Crippen LogP contribution in [0.25, 0.3) is 11.6 Å². The van der Waals surface area contributed by atoms with Gasteiger partial charge in [-0.05, 0) is 19.4 Å². The summed E-state index contributed by atoms with van der Waals surface area (Å²) < 4.78 is 10.7. The van der Waals surface area contributed by atoms with Crippen molar-refractivity contribution in [1.29, 1.82) is 0 Å². The molecule has 18 heavy (non-hydrogen) atoms. The first kappa shape index (κ1) is 11.8. The molecule has 2 aromatic rings. The molecule has 0 spiro atoms. The molecule has 1 atom stereocenters. The maximum Gasteiger partial charge on any atom is 0.277 e. The normalized spacial score (nSPS) is 19.5. The first-order valence-electron chi connectivity index (χ1n) is 5.97. The fraction of sp³-hybridized carbons (Fsp3) is 0.545. The zero-order valence-corrected chi connectivity index (χ0v) is 10.7. The van der Waals surface area contributed by atoms with Crippen LogP contribution >= 0.6 is 11.3 Å². The average Bonchev–Trinajstić information content (AvgIpc) is 3.10. The molecule has 1 saturated heterocycles. The summed E-state index contributed by atoms with van der Waals surface area (Å²) in [4.78, 5) is 8.76. The Morgan fingerprint density at radius 3 is 3.17 bits per heavy atom. The Hall–Kier alpha value is -1.31. The Kier molecular flexibility index (Phi) is 3.35. The van der Waals surface area contributed by atoms with Crippen LogP contribution in [0.1, 0.15) is 29.8 Å². The minimum absolute atomic E-state index is 0.0235. The van der Waals surface area contributed by atoms with Crippen molar-refractivity contribution >= 4 is 11.3 Å². The van der Waals surface area contributed by atoms with Gasteiger partial charge in [-0.1, -0.05) is 5.16 Å². The van der Waals surface area contributed by atoms with Crippen LogP contribution in [-0.4, -0.2) is 28.3 Å². The van der Waals surface area contributed by atoms with E-state index >= 15 is 0 Å². The second kappa shape index (κ2) is 5.13. The summed E-state index contributed by atoms with van der Waals surface area (Å²) >= 11 is 1.56. The molecule has 0 radical (unpaired) electrons. The summed E-state index contributed by atoms with van der Waals surface area (Å²) in [6.45, 7) is 1.36. The standard InChI is InChI=1S/C11H14N4O2S/c12-4-3-9-13-7(6-18-9)11-14-10(15-17-11)8-2-1-5-16-8/h6,8H,1-5,12H2. The summed E-state index contributed by atoms with van der Waals surface area (Å²) in [5, 5.41) is 6.86. The largest absolute Gasteiger partial charge is 0.370 e. The fourth-order valence-corrected chi connectivity index (χ4v) is 2.69. The van der Waals surface area contributed by atoms with Crippen LogP contribution in [0.4, 0.5) is 0 Å². The van der Waals surface area contributed by atoms with Gasteiger partial charge in [-0.15, -0.1) is 11.3 Å². The average molecular weight is 266 g/mol. The number of hydrogen-bond acceptors (Lipinski definition) is 7. The van der Waals surface area contributed by atoms with Crippen molar-refractivity contribution in [2.24, 2.45) is 5.73 Å². The summed E-state index contributed by atoms with van der Waals surface area (Å²) in [5.41, 5.74) is 6.22. The molecular weight excluding hydrogens is 252 g/mol. The second-order valence-corrected chi connectivity index (χ2v) is 5.07. The monoisotopic (exact) mass is 266 g/mol. The molecule has 6 nitrogen and oxygen atoms in total. The van der Waals surface area contributed by atoms with Crippen molar-refractivity contribution in [3.63, 3.8) is 0 Å². The van der Waals surface area contributed by atoms with E-state index in [0.29, 0.717) is 18.3 Å². The molecule has 1 aliphatic rings. The molecule has 0 amide bonds. The van der Waals surface area contributed by atoms with E-state index in [4.69, 9.17) is 15.0 Å². The molecule has 2 aromatic heterocycles. The highest BCUT2D eigenvalue weighted by molar-refractivity contribution is 7.09. The third-order valence-corrected chi connectivity index (χ3v) is 3.70. The third kappa shape index (κ3) is 2.29. The number of thiazole rings is 1. The number of nitrogens with two attached hydrogens (primary N) is 1. The zero-order chi connectivity index (χ0) is 12.4. The molecule has 0 aliphatic carbocycles. The van der Waals surface area contributed by atoms with E-state index in [2.05, 4.69) is 15.1 Å². The van der Waals surface area contributed by atoms with Gasteiger partial charge < -0.3 is 15.0 Å². The van der Waals surface area contributed by atoms with E-state index < -0.39 is 0 Å². The fourth-order valence-electron chi connectivity index (χ4n) is 1.90. The Morgan fingerprint density at radius 2 is 2.39 bits per heavy atom. The van der Waals surface area contributed by atoms with Gasteiger partial charge in [-0.2, -0.15) is 4.98 Å². The molecule has 0 aromatic carbocycles. The number of rotatable bonds is 4. The van der Waals surface area contributed by atoms with Crippen LogP contribution in [0.3, 0.4) is 0 Å². The van der Waals surface area contributed by atoms with Crippen molar-refractivity contribution in [3.05, 3.63) is 16.2 Å². The summed E-state index contributed by atoms with van der Waals surface area (Å²) in [5.74, 6) is 1.08. The second-order valence-electron chi connectivity index (χ2n) is 4.12. The lowest BCUT2D eigenvalue weighted by Gasteiger charge is -2.00.